The molecule has 0 bridgehead atoms. The van der Waals surface area contributed by atoms with Crippen molar-refractivity contribution in [3.63, 3.8) is 0 Å². The van der Waals surface area contributed by atoms with Crippen LogP contribution in [-0.2, 0) is 6.54 Å². The third kappa shape index (κ3) is 3.64. The molecule has 1 amide bonds. The van der Waals surface area contributed by atoms with Crippen molar-refractivity contribution in [3.05, 3.63) is 40.8 Å². The van der Waals surface area contributed by atoms with Gasteiger partial charge in [-0.3, -0.25) is 4.79 Å². The number of hydrogen-bond acceptors (Lipinski definition) is 5. The molecule has 0 unspecified atom stereocenters. The number of amides is 1. The van der Waals surface area contributed by atoms with E-state index in [0.29, 0.717) is 35.1 Å². The first-order valence-electron chi connectivity index (χ1n) is 7.43. The van der Waals surface area contributed by atoms with Gasteiger partial charge in [-0.2, -0.15) is 0 Å². The third-order valence-corrected chi connectivity index (χ3v) is 3.57. The van der Waals surface area contributed by atoms with Crippen molar-refractivity contribution in [1.82, 2.24) is 10.5 Å². The molecule has 0 radical (unpaired) electrons. The van der Waals surface area contributed by atoms with Crippen LogP contribution in [0.4, 0.5) is 0 Å². The predicted molar refractivity (Wildman–Crippen MR) is 86.0 cm³/mol. The predicted octanol–water partition coefficient (Wildman–Crippen LogP) is 3.05. The molecule has 0 spiro atoms. The Labute approximate surface area is 135 Å². The van der Waals surface area contributed by atoms with Gasteiger partial charge in [-0.1, -0.05) is 19.0 Å². The number of rotatable bonds is 6. The molecule has 0 aliphatic carbocycles. The van der Waals surface area contributed by atoms with E-state index in [1.54, 1.807) is 27.2 Å². The zero-order valence-electron chi connectivity index (χ0n) is 14.1. The Morgan fingerprint density at radius 3 is 2.65 bits per heavy atom. The molecule has 0 atom stereocenters. The Morgan fingerprint density at radius 1 is 1.30 bits per heavy atom. The molecular weight excluding hydrogens is 296 g/mol. The molecule has 1 aromatic carbocycles. The SMILES string of the molecule is COc1ccc(CNC(=O)c2c(C)noc2C(C)C)c(OC)c1. The van der Waals surface area contributed by atoms with E-state index in [4.69, 9.17) is 14.0 Å². The summed E-state index contributed by atoms with van der Waals surface area (Å²) in [5, 5.41) is 6.78. The first kappa shape index (κ1) is 16.9. The number of hydrogen-bond donors (Lipinski definition) is 1. The number of aromatic nitrogens is 1. The Kier molecular flexibility index (Phi) is 5.26. The van der Waals surface area contributed by atoms with Gasteiger partial charge < -0.3 is 19.3 Å². The first-order valence-corrected chi connectivity index (χ1v) is 7.43. The number of benzene rings is 1. The summed E-state index contributed by atoms with van der Waals surface area (Å²) in [6.45, 7) is 6.03. The van der Waals surface area contributed by atoms with E-state index in [0.717, 1.165) is 5.56 Å². The molecular formula is C17H22N2O4. The van der Waals surface area contributed by atoms with Crippen LogP contribution in [0.1, 0.15) is 47.1 Å². The van der Waals surface area contributed by atoms with Gasteiger partial charge in [0.2, 0.25) is 0 Å². The Bertz CT molecular complexity index is 692. The standard InChI is InChI=1S/C17H22N2O4/c1-10(2)16-15(11(3)19-23-16)17(20)18-9-12-6-7-13(21-4)8-14(12)22-5/h6-8,10H,9H2,1-5H3,(H,18,20). The fourth-order valence-corrected chi connectivity index (χ4v) is 2.32. The number of methoxy groups -OCH3 is 2. The highest BCUT2D eigenvalue weighted by Crippen LogP contribution is 2.25. The lowest BCUT2D eigenvalue weighted by molar-refractivity contribution is 0.0947. The molecule has 1 aromatic heterocycles. The Balaban J connectivity index is 2.15. The van der Waals surface area contributed by atoms with E-state index in [9.17, 15) is 4.79 Å². The fourth-order valence-electron chi connectivity index (χ4n) is 2.32. The fraction of sp³-hybridized carbons (Fsp3) is 0.412. The highest BCUT2D eigenvalue weighted by molar-refractivity contribution is 5.96. The van der Waals surface area contributed by atoms with E-state index in [-0.39, 0.29) is 11.8 Å². The maximum atomic E-state index is 12.5. The number of carbonyl (C=O) groups is 1. The van der Waals surface area contributed by atoms with Crippen LogP contribution in [0.5, 0.6) is 11.5 Å². The minimum Gasteiger partial charge on any atom is -0.497 e. The summed E-state index contributed by atoms with van der Waals surface area (Å²) in [4.78, 5) is 12.5. The summed E-state index contributed by atoms with van der Waals surface area (Å²) in [6, 6.07) is 5.47. The summed E-state index contributed by atoms with van der Waals surface area (Å²) in [6.07, 6.45) is 0. The normalized spacial score (nSPS) is 10.7. The molecule has 6 heteroatoms. The maximum absolute atomic E-state index is 12.5. The van der Waals surface area contributed by atoms with Gasteiger partial charge in [0.05, 0.1) is 19.9 Å². The van der Waals surface area contributed by atoms with Gasteiger partial charge in [0.25, 0.3) is 5.91 Å². The molecule has 0 aliphatic heterocycles. The van der Waals surface area contributed by atoms with Gasteiger partial charge in [0.15, 0.2) is 5.76 Å². The summed E-state index contributed by atoms with van der Waals surface area (Å²) in [5.41, 5.74) is 1.96. The van der Waals surface area contributed by atoms with Crippen LogP contribution >= 0.6 is 0 Å². The number of aryl methyl sites for hydroxylation is 1. The Hall–Kier alpha value is -2.50. The van der Waals surface area contributed by atoms with Gasteiger partial charge in [-0.15, -0.1) is 0 Å². The van der Waals surface area contributed by atoms with Gasteiger partial charge in [-0.25, -0.2) is 0 Å². The molecule has 1 N–H and O–H groups in total. The third-order valence-electron chi connectivity index (χ3n) is 3.57. The average molecular weight is 318 g/mol. The lowest BCUT2D eigenvalue weighted by atomic mass is 10.0. The van der Waals surface area contributed by atoms with Crippen molar-refractivity contribution in [2.75, 3.05) is 14.2 Å². The summed E-state index contributed by atoms with van der Waals surface area (Å²) in [7, 11) is 3.18. The van der Waals surface area contributed by atoms with E-state index in [1.807, 2.05) is 26.0 Å². The van der Waals surface area contributed by atoms with Gasteiger partial charge in [-0.05, 0) is 19.1 Å². The second kappa shape index (κ2) is 7.17. The molecule has 124 valence electrons. The van der Waals surface area contributed by atoms with Crippen molar-refractivity contribution in [2.45, 2.75) is 33.2 Å². The van der Waals surface area contributed by atoms with Crippen molar-refractivity contribution in [2.24, 2.45) is 0 Å². The van der Waals surface area contributed by atoms with Crippen molar-refractivity contribution in [3.8, 4) is 11.5 Å². The van der Waals surface area contributed by atoms with Crippen LogP contribution < -0.4 is 14.8 Å². The average Bonchev–Trinajstić information content (AvgIpc) is 2.94. The van der Waals surface area contributed by atoms with Gasteiger partial charge in [0.1, 0.15) is 17.1 Å². The lowest BCUT2D eigenvalue weighted by Gasteiger charge is -2.12. The van der Waals surface area contributed by atoms with E-state index < -0.39 is 0 Å². The van der Waals surface area contributed by atoms with Crippen molar-refractivity contribution in [1.29, 1.82) is 0 Å². The molecule has 0 aliphatic rings. The molecule has 0 saturated heterocycles. The largest absolute Gasteiger partial charge is 0.497 e. The highest BCUT2D eigenvalue weighted by Gasteiger charge is 2.22. The highest BCUT2D eigenvalue weighted by atomic mass is 16.5. The zero-order chi connectivity index (χ0) is 17.0. The quantitative estimate of drug-likeness (QED) is 0.886. The monoisotopic (exact) mass is 318 g/mol. The van der Waals surface area contributed by atoms with Crippen LogP contribution in [0.15, 0.2) is 22.7 Å². The van der Waals surface area contributed by atoms with Gasteiger partial charge in [0, 0.05) is 24.1 Å². The number of nitrogens with one attached hydrogen (secondary N) is 1. The lowest BCUT2D eigenvalue weighted by Crippen LogP contribution is -2.24. The zero-order valence-corrected chi connectivity index (χ0v) is 14.1. The molecule has 0 fully saturated rings. The minimum absolute atomic E-state index is 0.0903. The number of carbonyl (C=O) groups excluding carboxylic acids is 1. The van der Waals surface area contributed by atoms with Crippen molar-refractivity contribution < 1.29 is 18.8 Å². The minimum atomic E-state index is -0.203. The van der Waals surface area contributed by atoms with Crippen LogP contribution in [-0.4, -0.2) is 25.3 Å². The summed E-state index contributed by atoms with van der Waals surface area (Å²) in [5.74, 6) is 1.85. The first-order chi connectivity index (χ1) is 11.0. The van der Waals surface area contributed by atoms with Gasteiger partial charge >= 0.3 is 0 Å². The molecule has 23 heavy (non-hydrogen) atoms. The molecule has 2 rings (SSSR count). The maximum Gasteiger partial charge on any atom is 0.257 e. The summed E-state index contributed by atoms with van der Waals surface area (Å²) < 4.78 is 15.8. The molecule has 2 aromatic rings. The van der Waals surface area contributed by atoms with E-state index >= 15 is 0 Å². The van der Waals surface area contributed by atoms with Crippen molar-refractivity contribution >= 4 is 5.91 Å². The molecule has 1 heterocycles. The topological polar surface area (TPSA) is 73.6 Å². The van der Waals surface area contributed by atoms with Crippen LogP contribution in [0.25, 0.3) is 0 Å². The number of ether oxygens (including phenoxy) is 2. The second-order valence-corrected chi connectivity index (χ2v) is 5.52. The molecule has 6 nitrogen and oxygen atoms in total. The van der Waals surface area contributed by atoms with E-state index in [1.165, 1.54) is 0 Å². The van der Waals surface area contributed by atoms with Crippen LogP contribution in [0.3, 0.4) is 0 Å². The Morgan fingerprint density at radius 2 is 2.04 bits per heavy atom. The molecule has 0 saturated carbocycles. The second-order valence-electron chi connectivity index (χ2n) is 5.52. The van der Waals surface area contributed by atoms with E-state index in [2.05, 4.69) is 10.5 Å². The number of nitrogens with zero attached hydrogens (tertiary/aromatic N) is 1. The summed E-state index contributed by atoms with van der Waals surface area (Å²) >= 11 is 0. The van der Waals surface area contributed by atoms with Crippen LogP contribution in [0, 0.1) is 6.92 Å². The smallest absolute Gasteiger partial charge is 0.257 e. The van der Waals surface area contributed by atoms with Crippen LogP contribution in [0.2, 0.25) is 0 Å².